The Morgan fingerprint density at radius 3 is 2.39 bits per heavy atom. The van der Waals surface area contributed by atoms with E-state index in [0.717, 1.165) is 19.1 Å². The second-order valence-electron chi connectivity index (χ2n) is 6.36. The van der Waals surface area contributed by atoms with Gasteiger partial charge in [0.25, 0.3) is 5.91 Å². The van der Waals surface area contributed by atoms with Gasteiger partial charge in [0, 0.05) is 6.26 Å². The normalized spacial score (nSPS) is 17.3. The smallest absolute Gasteiger partial charge is 0.279 e. The summed E-state index contributed by atoms with van der Waals surface area (Å²) in [5, 5.41) is 4.84. The van der Waals surface area contributed by atoms with E-state index in [-0.39, 0.29) is 10.8 Å². The van der Waals surface area contributed by atoms with Crippen LogP contribution in [0.4, 0.5) is 5.69 Å². The van der Waals surface area contributed by atoms with E-state index in [4.69, 9.17) is 0 Å². The summed E-state index contributed by atoms with van der Waals surface area (Å²) < 4.78 is 23.5. The van der Waals surface area contributed by atoms with Crippen molar-refractivity contribution in [1.82, 2.24) is 0 Å². The Morgan fingerprint density at radius 1 is 1.13 bits per heavy atom. The highest BCUT2D eigenvalue weighted by Gasteiger charge is 2.18. The molecule has 2 rings (SSSR count). The maximum absolute atomic E-state index is 12.2. The molecule has 0 aromatic heterocycles. The first-order chi connectivity index (χ1) is 11.0. The van der Waals surface area contributed by atoms with Crippen LogP contribution < -0.4 is 10.6 Å². The van der Waals surface area contributed by atoms with Crippen LogP contribution >= 0.6 is 0 Å². The Balaban J connectivity index is 1.90. The van der Waals surface area contributed by atoms with Gasteiger partial charge in [0.2, 0.25) is 0 Å². The minimum atomic E-state index is -3.35. The molecule has 1 aliphatic rings. The second-order valence-corrected chi connectivity index (χ2v) is 8.35. The molecule has 1 aromatic carbocycles. The first-order valence-corrected chi connectivity index (χ1v) is 10.3. The van der Waals surface area contributed by atoms with E-state index >= 15 is 0 Å². The predicted molar refractivity (Wildman–Crippen MR) is 91.1 cm³/mol. The number of carbonyl (C=O) groups excluding carboxylic acids is 1. The number of carbonyl (C=O) groups is 1. The van der Waals surface area contributed by atoms with E-state index in [9.17, 15) is 13.2 Å². The minimum Gasteiger partial charge on any atom is -0.336 e. The molecule has 6 heteroatoms. The first kappa shape index (κ1) is 17.9. The average molecular weight is 339 g/mol. The minimum absolute atomic E-state index is 0.150. The van der Waals surface area contributed by atoms with Gasteiger partial charge in [-0.25, -0.2) is 8.42 Å². The van der Waals surface area contributed by atoms with Gasteiger partial charge in [-0.2, -0.15) is 0 Å². The zero-order valence-corrected chi connectivity index (χ0v) is 14.6. The van der Waals surface area contributed by atoms with Gasteiger partial charge < -0.3 is 10.6 Å². The zero-order chi connectivity index (χ0) is 16.7. The highest BCUT2D eigenvalue weighted by atomic mass is 32.2. The van der Waals surface area contributed by atoms with Crippen molar-refractivity contribution in [1.29, 1.82) is 0 Å². The lowest BCUT2D eigenvalue weighted by Crippen LogP contribution is -2.91. The maximum Gasteiger partial charge on any atom is 0.279 e. The molecule has 1 fully saturated rings. The number of nitrogens with two attached hydrogens (primary N) is 1. The van der Waals surface area contributed by atoms with Crippen molar-refractivity contribution in [2.75, 3.05) is 18.1 Å². The molecule has 0 atom stereocenters. The summed E-state index contributed by atoms with van der Waals surface area (Å²) in [5.41, 5.74) is 0.367. The summed E-state index contributed by atoms with van der Waals surface area (Å²) in [5.74, 6) is -0.150. The van der Waals surface area contributed by atoms with E-state index in [2.05, 4.69) is 10.6 Å². The molecule has 1 aliphatic carbocycles. The number of nitrogens with one attached hydrogen (secondary N) is 1. The van der Waals surface area contributed by atoms with Crippen LogP contribution in [0.2, 0.25) is 0 Å². The largest absolute Gasteiger partial charge is 0.336 e. The van der Waals surface area contributed by atoms with Gasteiger partial charge in [0.1, 0.15) is 0 Å². The fraction of sp³-hybridized carbons (Fsp3) is 0.588. The van der Waals surface area contributed by atoms with Crippen LogP contribution in [0.25, 0.3) is 0 Å². The summed E-state index contributed by atoms with van der Waals surface area (Å²) in [6, 6.07) is 7.04. The van der Waals surface area contributed by atoms with Crippen molar-refractivity contribution in [3.05, 3.63) is 24.3 Å². The molecule has 0 saturated heterocycles. The van der Waals surface area contributed by atoms with Crippen LogP contribution in [0.3, 0.4) is 0 Å². The van der Waals surface area contributed by atoms with Gasteiger partial charge in [0.05, 0.1) is 16.6 Å². The number of quaternary nitrogens is 1. The number of rotatable bonds is 5. The summed E-state index contributed by atoms with van der Waals surface area (Å²) in [6.45, 7) is 0.336. The van der Waals surface area contributed by atoms with Gasteiger partial charge in [-0.3, -0.25) is 4.79 Å². The van der Waals surface area contributed by atoms with Crippen molar-refractivity contribution in [2.45, 2.75) is 55.9 Å². The monoisotopic (exact) mass is 339 g/mol. The fourth-order valence-corrected chi connectivity index (χ4v) is 3.94. The quantitative estimate of drug-likeness (QED) is 0.857. The summed E-state index contributed by atoms with van der Waals surface area (Å²) in [6.07, 6.45) is 9.85. The van der Waals surface area contributed by atoms with E-state index in [1.807, 2.05) is 0 Å². The Morgan fingerprint density at radius 2 is 1.74 bits per heavy atom. The lowest BCUT2D eigenvalue weighted by Gasteiger charge is -2.18. The molecule has 1 saturated carbocycles. The van der Waals surface area contributed by atoms with Gasteiger partial charge in [-0.15, -0.1) is 0 Å². The topological polar surface area (TPSA) is 79.8 Å². The lowest BCUT2D eigenvalue weighted by atomic mass is 9.97. The lowest BCUT2D eigenvalue weighted by molar-refractivity contribution is -0.680. The third kappa shape index (κ3) is 5.95. The van der Waals surface area contributed by atoms with Crippen molar-refractivity contribution in [3.63, 3.8) is 0 Å². The van der Waals surface area contributed by atoms with Gasteiger partial charge in [0.15, 0.2) is 16.4 Å². The number of benzene rings is 1. The van der Waals surface area contributed by atoms with Crippen LogP contribution in [0.5, 0.6) is 0 Å². The van der Waals surface area contributed by atoms with Crippen LogP contribution in [0.1, 0.15) is 44.9 Å². The SMILES string of the molecule is CS(=O)(=O)c1ccccc1NC(=O)C[NH2+]C1CCCCCCC1. The molecule has 0 spiro atoms. The number of amides is 1. The first-order valence-electron chi connectivity index (χ1n) is 8.39. The molecule has 0 radical (unpaired) electrons. The Labute approximate surface area is 138 Å². The molecule has 3 N–H and O–H groups in total. The summed E-state index contributed by atoms with van der Waals surface area (Å²) in [7, 11) is -3.35. The van der Waals surface area contributed by atoms with Crippen LogP contribution in [-0.2, 0) is 14.6 Å². The van der Waals surface area contributed by atoms with Gasteiger partial charge in [-0.1, -0.05) is 31.4 Å². The highest BCUT2D eigenvalue weighted by molar-refractivity contribution is 7.90. The number of sulfone groups is 1. The van der Waals surface area contributed by atoms with E-state index in [1.165, 1.54) is 38.2 Å². The third-order valence-corrected chi connectivity index (χ3v) is 5.50. The van der Waals surface area contributed by atoms with E-state index in [1.54, 1.807) is 18.2 Å². The van der Waals surface area contributed by atoms with Crippen LogP contribution in [-0.4, -0.2) is 33.2 Å². The Hall–Kier alpha value is -1.40. The third-order valence-electron chi connectivity index (χ3n) is 4.35. The molecule has 1 aromatic rings. The molecular weight excluding hydrogens is 312 g/mol. The average Bonchev–Trinajstić information content (AvgIpc) is 2.45. The second kappa shape index (κ2) is 8.45. The fourth-order valence-electron chi connectivity index (χ4n) is 3.09. The number of para-hydroxylation sites is 1. The molecule has 5 nitrogen and oxygen atoms in total. The molecular formula is C17H27N2O3S+. The van der Waals surface area contributed by atoms with Crippen LogP contribution in [0.15, 0.2) is 29.2 Å². The molecule has 23 heavy (non-hydrogen) atoms. The number of anilines is 1. The van der Waals surface area contributed by atoms with Gasteiger partial charge >= 0.3 is 0 Å². The van der Waals surface area contributed by atoms with E-state index < -0.39 is 9.84 Å². The zero-order valence-electron chi connectivity index (χ0n) is 13.8. The van der Waals surface area contributed by atoms with Crippen molar-refractivity contribution in [3.8, 4) is 0 Å². The predicted octanol–water partition coefficient (Wildman–Crippen LogP) is 1.70. The van der Waals surface area contributed by atoms with Gasteiger partial charge in [-0.05, 0) is 37.8 Å². The van der Waals surface area contributed by atoms with E-state index in [0.29, 0.717) is 18.3 Å². The molecule has 0 aliphatic heterocycles. The van der Waals surface area contributed by atoms with Crippen LogP contribution in [0, 0.1) is 0 Å². The van der Waals surface area contributed by atoms with Crippen molar-refractivity contribution >= 4 is 21.4 Å². The molecule has 128 valence electrons. The molecule has 0 bridgehead atoms. The highest BCUT2D eigenvalue weighted by Crippen LogP contribution is 2.20. The number of hydrogen-bond acceptors (Lipinski definition) is 3. The van der Waals surface area contributed by atoms with Crippen molar-refractivity contribution in [2.24, 2.45) is 0 Å². The molecule has 0 unspecified atom stereocenters. The number of hydrogen-bond donors (Lipinski definition) is 2. The Kier molecular flexibility index (Phi) is 6.59. The summed E-state index contributed by atoms with van der Waals surface area (Å²) >= 11 is 0. The standard InChI is InChI=1S/C17H26N2O3S/c1-23(21,22)16-12-8-7-11-15(16)19-17(20)13-18-14-9-5-3-2-4-6-10-14/h7-8,11-12,14,18H,2-6,9-10,13H2,1H3,(H,19,20)/p+1. The molecule has 0 heterocycles. The maximum atomic E-state index is 12.2. The summed E-state index contributed by atoms with van der Waals surface area (Å²) in [4.78, 5) is 12.3. The Bertz CT molecular complexity index is 620. The molecule has 1 amide bonds. The van der Waals surface area contributed by atoms with Crippen molar-refractivity contribution < 1.29 is 18.5 Å².